The molecule has 21 heavy (non-hydrogen) atoms. The third-order valence-corrected chi connectivity index (χ3v) is 4.64. The van der Waals surface area contributed by atoms with E-state index in [0.29, 0.717) is 12.0 Å². The van der Waals surface area contributed by atoms with Crippen molar-refractivity contribution in [2.45, 2.75) is 38.3 Å². The number of hydrogen-bond donors (Lipinski definition) is 2. The summed E-state index contributed by atoms with van der Waals surface area (Å²) in [6.07, 6.45) is 4.03. The summed E-state index contributed by atoms with van der Waals surface area (Å²) in [5.74, 6) is 0.359. The Bertz CT molecular complexity index is 663. The first-order chi connectivity index (χ1) is 9.75. The van der Waals surface area contributed by atoms with E-state index in [1.165, 1.54) is 0 Å². The number of fused-ring (bicyclic) bond motifs is 1. The number of nitrogens with zero attached hydrogens (tertiary/aromatic N) is 3. The average molecular weight is 288 g/mol. The Morgan fingerprint density at radius 3 is 2.57 bits per heavy atom. The van der Waals surface area contributed by atoms with Gasteiger partial charge in [0, 0.05) is 25.7 Å². The Morgan fingerprint density at radius 1 is 1.33 bits per heavy atom. The predicted molar refractivity (Wildman–Crippen MR) is 86.5 cm³/mol. The van der Waals surface area contributed by atoms with E-state index in [9.17, 15) is 5.11 Å². The van der Waals surface area contributed by atoms with E-state index < -0.39 is 5.60 Å². The standard InChI is InChI=1S/C16H24N4O/c1-16(2,21)11-6-12(7-11)20-9-10-5-13(17)15(19(3)4)8-14(10)18-20/h5,8-9,11-12,21H,6-7,17H2,1-4H3. The van der Waals surface area contributed by atoms with Crippen LogP contribution >= 0.6 is 0 Å². The fourth-order valence-electron chi connectivity index (χ4n) is 3.05. The predicted octanol–water partition coefficient (Wildman–Crippen LogP) is 2.41. The Hall–Kier alpha value is -1.75. The second-order valence-electron chi connectivity index (χ2n) is 6.95. The summed E-state index contributed by atoms with van der Waals surface area (Å²) in [5, 5.41) is 15.8. The summed E-state index contributed by atoms with van der Waals surface area (Å²) >= 11 is 0. The van der Waals surface area contributed by atoms with Crippen LogP contribution in [-0.4, -0.2) is 34.6 Å². The molecule has 1 saturated carbocycles. The summed E-state index contributed by atoms with van der Waals surface area (Å²) in [6, 6.07) is 4.41. The lowest BCUT2D eigenvalue weighted by molar-refractivity contribution is -0.0412. The number of benzene rings is 1. The maximum atomic E-state index is 10.0. The molecule has 5 nitrogen and oxygen atoms in total. The maximum absolute atomic E-state index is 10.0. The second kappa shape index (κ2) is 4.63. The smallest absolute Gasteiger partial charge is 0.0945 e. The molecule has 3 N–H and O–H groups in total. The molecular formula is C16H24N4O. The van der Waals surface area contributed by atoms with Gasteiger partial charge in [0.1, 0.15) is 0 Å². The van der Waals surface area contributed by atoms with Crippen LogP contribution in [0.5, 0.6) is 0 Å². The van der Waals surface area contributed by atoms with Crippen LogP contribution in [0.4, 0.5) is 11.4 Å². The zero-order valence-electron chi connectivity index (χ0n) is 13.2. The van der Waals surface area contributed by atoms with Crippen LogP contribution in [0.25, 0.3) is 10.9 Å². The number of anilines is 2. The van der Waals surface area contributed by atoms with Crippen LogP contribution in [0.2, 0.25) is 0 Å². The lowest BCUT2D eigenvalue weighted by Crippen LogP contribution is -2.41. The minimum absolute atomic E-state index is 0.359. The summed E-state index contributed by atoms with van der Waals surface area (Å²) in [6.45, 7) is 3.77. The molecule has 1 aromatic carbocycles. The van der Waals surface area contributed by atoms with Crippen LogP contribution in [0.15, 0.2) is 18.3 Å². The number of hydrogen-bond acceptors (Lipinski definition) is 4. The zero-order valence-corrected chi connectivity index (χ0v) is 13.2. The maximum Gasteiger partial charge on any atom is 0.0945 e. The van der Waals surface area contributed by atoms with Gasteiger partial charge in [-0.3, -0.25) is 4.68 Å². The lowest BCUT2D eigenvalue weighted by atomic mass is 9.71. The molecule has 1 fully saturated rings. The molecule has 0 bridgehead atoms. The highest BCUT2D eigenvalue weighted by molar-refractivity contribution is 5.88. The van der Waals surface area contributed by atoms with Gasteiger partial charge in [-0.15, -0.1) is 0 Å². The minimum atomic E-state index is -0.592. The second-order valence-corrected chi connectivity index (χ2v) is 6.95. The molecule has 0 unspecified atom stereocenters. The van der Waals surface area contributed by atoms with Crippen LogP contribution in [0, 0.1) is 5.92 Å². The number of aromatic nitrogens is 2. The molecular weight excluding hydrogens is 264 g/mol. The minimum Gasteiger partial charge on any atom is -0.397 e. The summed E-state index contributed by atoms with van der Waals surface area (Å²) < 4.78 is 2.03. The largest absolute Gasteiger partial charge is 0.397 e. The van der Waals surface area contributed by atoms with Crippen LogP contribution < -0.4 is 10.6 Å². The van der Waals surface area contributed by atoms with Gasteiger partial charge in [0.05, 0.1) is 28.5 Å². The van der Waals surface area contributed by atoms with Gasteiger partial charge in [-0.25, -0.2) is 0 Å². The Balaban J connectivity index is 1.86. The van der Waals surface area contributed by atoms with Gasteiger partial charge in [0.25, 0.3) is 0 Å². The normalized spacial score (nSPS) is 22.3. The molecule has 3 rings (SSSR count). The highest BCUT2D eigenvalue weighted by Gasteiger charge is 2.40. The van der Waals surface area contributed by atoms with E-state index in [1.54, 1.807) is 0 Å². The van der Waals surface area contributed by atoms with Crippen molar-refractivity contribution in [1.82, 2.24) is 9.78 Å². The fourth-order valence-corrected chi connectivity index (χ4v) is 3.05. The molecule has 1 aromatic heterocycles. The fraction of sp³-hybridized carbons (Fsp3) is 0.562. The van der Waals surface area contributed by atoms with E-state index in [1.807, 2.05) is 49.7 Å². The number of nitrogen functional groups attached to an aromatic ring is 1. The van der Waals surface area contributed by atoms with Crippen molar-refractivity contribution >= 4 is 22.3 Å². The molecule has 0 saturated heterocycles. The van der Waals surface area contributed by atoms with Crippen molar-refractivity contribution in [3.8, 4) is 0 Å². The topological polar surface area (TPSA) is 67.3 Å². The monoisotopic (exact) mass is 288 g/mol. The summed E-state index contributed by atoms with van der Waals surface area (Å²) in [7, 11) is 3.96. The molecule has 0 aliphatic heterocycles. The molecule has 1 heterocycles. The van der Waals surface area contributed by atoms with E-state index in [0.717, 1.165) is 35.1 Å². The molecule has 0 amide bonds. The van der Waals surface area contributed by atoms with Gasteiger partial charge < -0.3 is 15.7 Å². The molecule has 2 aromatic rings. The van der Waals surface area contributed by atoms with Crippen LogP contribution in [0.1, 0.15) is 32.7 Å². The van der Waals surface area contributed by atoms with Crippen LogP contribution in [0.3, 0.4) is 0 Å². The molecule has 1 aliphatic carbocycles. The van der Waals surface area contributed by atoms with Crippen molar-refractivity contribution in [1.29, 1.82) is 0 Å². The van der Waals surface area contributed by atoms with Crippen molar-refractivity contribution in [3.63, 3.8) is 0 Å². The highest BCUT2D eigenvalue weighted by atomic mass is 16.3. The molecule has 0 radical (unpaired) electrons. The van der Waals surface area contributed by atoms with E-state index in [4.69, 9.17) is 5.73 Å². The van der Waals surface area contributed by atoms with Gasteiger partial charge >= 0.3 is 0 Å². The van der Waals surface area contributed by atoms with Crippen molar-refractivity contribution < 1.29 is 5.11 Å². The van der Waals surface area contributed by atoms with Crippen molar-refractivity contribution in [3.05, 3.63) is 18.3 Å². The Morgan fingerprint density at radius 2 is 2.00 bits per heavy atom. The molecule has 114 valence electrons. The number of aliphatic hydroxyl groups is 1. The van der Waals surface area contributed by atoms with E-state index in [-0.39, 0.29) is 0 Å². The average Bonchev–Trinajstić information content (AvgIpc) is 2.65. The lowest BCUT2D eigenvalue weighted by Gasteiger charge is -2.42. The first-order valence-corrected chi connectivity index (χ1v) is 7.44. The molecule has 0 atom stereocenters. The number of nitrogens with two attached hydrogens (primary N) is 1. The van der Waals surface area contributed by atoms with Gasteiger partial charge in [0.15, 0.2) is 0 Å². The SMILES string of the molecule is CN(C)c1cc2nn(C3CC(C(C)(C)O)C3)cc2cc1N. The molecule has 5 heteroatoms. The Kier molecular flexibility index (Phi) is 3.13. The number of rotatable bonds is 3. The highest BCUT2D eigenvalue weighted by Crippen LogP contribution is 2.44. The summed E-state index contributed by atoms with van der Waals surface area (Å²) in [4.78, 5) is 2.00. The quantitative estimate of drug-likeness (QED) is 0.851. The summed E-state index contributed by atoms with van der Waals surface area (Å²) in [5.41, 5.74) is 8.24. The molecule has 1 aliphatic rings. The van der Waals surface area contributed by atoms with Gasteiger partial charge in [-0.2, -0.15) is 5.10 Å². The molecule has 0 spiro atoms. The first-order valence-electron chi connectivity index (χ1n) is 7.44. The zero-order chi connectivity index (χ0) is 15.4. The van der Waals surface area contributed by atoms with Gasteiger partial charge in [-0.1, -0.05) is 0 Å². The van der Waals surface area contributed by atoms with Gasteiger partial charge in [-0.05, 0) is 44.7 Å². The van der Waals surface area contributed by atoms with E-state index >= 15 is 0 Å². The van der Waals surface area contributed by atoms with Gasteiger partial charge in [0.2, 0.25) is 0 Å². The third kappa shape index (κ3) is 2.46. The van der Waals surface area contributed by atoms with Crippen LogP contribution in [-0.2, 0) is 0 Å². The van der Waals surface area contributed by atoms with Crippen molar-refractivity contribution in [2.24, 2.45) is 5.92 Å². The Labute approximate surface area is 125 Å². The third-order valence-electron chi connectivity index (χ3n) is 4.64. The van der Waals surface area contributed by atoms with E-state index in [2.05, 4.69) is 11.3 Å². The van der Waals surface area contributed by atoms with Crippen molar-refractivity contribution in [2.75, 3.05) is 24.7 Å². The first kappa shape index (κ1) is 14.2.